The van der Waals surface area contributed by atoms with Crippen molar-refractivity contribution in [2.75, 3.05) is 13.2 Å². The number of carbonyl (C=O) groups is 2. The van der Waals surface area contributed by atoms with E-state index in [-0.39, 0.29) is 11.1 Å². The third-order valence-electron chi connectivity index (χ3n) is 5.93. The summed E-state index contributed by atoms with van der Waals surface area (Å²) in [6.45, 7) is 8.33. The summed E-state index contributed by atoms with van der Waals surface area (Å²) in [6.07, 6.45) is 12.9. The number of hydrogen-bond acceptors (Lipinski definition) is 7. The lowest BCUT2D eigenvalue weighted by atomic mass is 9.90. The third-order valence-corrected chi connectivity index (χ3v) is 5.93. The van der Waals surface area contributed by atoms with Crippen LogP contribution in [-0.4, -0.2) is 56.8 Å². The molecule has 0 heterocycles. The van der Waals surface area contributed by atoms with Crippen LogP contribution in [0.25, 0.3) is 0 Å². The van der Waals surface area contributed by atoms with Crippen molar-refractivity contribution in [3.8, 4) is 0 Å². The maximum atomic E-state index is 12.7. The van der Waals surface area contributed by atoms with Gasteiger partial charge in [-0.3, -0.25) is 0 Å². The molecule has 0 aromatic heterocycles. The van der Waals surface area contributed by atoms with E-state index in [1.54, 1.807) is 26.0 Å². The second-order valence-corrected chi connectivity index (χ2v) is 8.42. The zero-order valence-corrected chi connectivity index (χ0v) is 21.0. The van der Waals surface area contributed by atoms with E-state index < -0.39 is 36.4 Å². The Bertz CT molecular complexity index is 712. The molecule has 0 bridgehead atoms. The number of aliphatic hydroxyl groups excluding tert-OH is 2. The summed E-state index contributed by atoms with van der Waals surface area (Å²) < 4.78 is 4.78. The van der Waals surface area contributed by atoms with E-state index in [9.17, 15) is 30.0 Å². The molecule has 0 saturated carbocycles. The third kappa shape index (κ3) is 8.66. The normalized spacial score (nSPS) is 17.4. The van der Waals surface area contributed by atoms with Gasteiger partial charge in [0, 0.05) is 0 Å². The highest BCUT2D eigenvalue weighted by molar-refractivity contribution is 5.97. The predicted octanol–water partition coefficient (Wildman–Crippen LogP) is 3.67. The predicted molar refractivity (Wildman–Crippen MR) is 129 cm³/mol. The first-order valence-electron chi connectivity index (χ1n) is 11.6. The molecular formula is C26H42O7. The lowest BCUT2D eigenvalue weighted by molar-refractivity contribution is -0.184. The molecule has 7 nitrogen and oxygen atoms in total. The second-order valence-electron chi connectivity index (χ2n) is 8.42. The van der Waals surface area contributed by atoms with E-state index in [0.29, 0.717) is 11.1 Å². The van der Waals surface area contributed by atoms with Crippen LogP contribution < -0.4 is 0 Å². The van der Waals surface area contributed by atoms with Crippen molar-refractivity contribution >= 4 is 11.9 Å². The minimum atomic E-state index is -2.47. The van der Waals surface area contributed by atoms with Gasteiger partial charge in [-0.2, -0.15) is 0 Å². The highest BCUT2D eigenvalue weighted by Crippen LogP contribution is 2.26. The molecule has 0 spiro atoms. The van der Waals surface area contributed by atoms with Gasteiger partial charge in [-0.05, 0) is 62.8 Å². The van der Waals surface area contributed by atoms with Crippen molar-refractivity contribution in [2.24, 2.45) is 0 Å². The van der Waals surface area contributed by atoms with Crippen LogP contribution in [0.15, 0.2) is 46.6 Å². The number of esters is 2. The number of unbranched alkanes of at least 4 members (excludes halogenated alkanes) is 4. The standard InChI is InChI=1S/C26H42O7/c1-7-9-11-13-15-19(3)21(5)25(31,17-27)23(29)33-24(30)26(32,18-28)22(6)20(4)16-14-12-10-8-2/h13-16,27-28,31-32H,7-12,17-18H2,1-6H3/b15-13+,16-14+,21-19+,22-20+. The van der Waals surface area contributed by atoms with Crippen LogP contribution in [0.1, 0.15) is 80.1 Å². The molecular weight excluding hydrogens is 424 g/mol. The van der Waals surface area contributed by atoms with Gasteiger partial charge in [-0.1, -0.05) is 63.8 Å². The highest BCUT2D eigenvalue weighted by Gasteiger charge is 2.46. The van der Waals surface area contributed by atoms with Crippen LogP contribution >= 0.6 is 0 Å². The molecule has 0 aromatic carbocycles. The number of ether oxygens (including phenoxy) is 1. The van der Waals surface area contributed by atoms with Crippen LogP contribution in [0, 0.1) is 0 Å². The van der Waals surface area contributed by atoms with Crippen molar-refractivity contribution in [1.29, 1.82) is 0 Å². The van der Waals surface area contributed by atoms with E-state index in [1.807, 2.05) is 12.2 Å². The largest absolute Gasteiger partial charge is 0.392 e. The number of rotatable bonds is 14. The van der Waals surface area contributed by atoms with Crippen LogP contribution in [0.2, 0.25) is 0 Å². The fraction of sp³-hybridized carbons (Fsp3) is 0.615. The average molecular weight is 467 g/mol. The Morgan fingerprint density at radius 2 is 1.06 bits per heavy atom. The zero-order valence-electron chi connectivity index (χ0n) is 21.0. The van der Waals surface area contributed by atoms with Crippen molar-refractivity contribution in [3.63, 3.8) is 0 Å². The van der Waals surface area contributed by atoms with Gasteiger partial charge in [-0.15, -0.1) is 0 Å². The summed E-state index contributed by atoms with van der Waals surface area (Å²) in [5.41, 5.74) is -3.64. The van der Waals surface area contributed by atoms with Crippen LogP contribution in [-0.2, 0) is 14.3 Å². The van der Waals surface area contributed by atoms with Crippen LogP contribution in [0.5, 0.6) is 0 Å². The maximum absolute atomic E-state index is 12.7. The summed E-state index contributed by atoms with van der Waals surface area (Å²) in [6, 6.07) is 0. The first-order valence-corrected chi connectivity index (χ1v) is 11.6. The van der Waals surface area contributed by atoms with Gasteiger partial charge in [0.2, 0.25) is 11.2 Å². The van der Waals surface area contributed by atoms with Gasteiger partial charge in [0.15, 0.2) is 0 Å². The Balaban J connectivity index is 5.78. The average Bonchev–Trinajstić information content (AvgIpc) is 2.81. The summed E-state index contributed by atoms with van der Waals surface area (Å²) in [5, 5.41) is 41.1. The summed E-state index contributed by atoms with van der Waals surface area (Å²) in [5.74, 6) is -2.85. The molecule has 0 aliphatic rings. The second kappa shape index (κ2) is 15.0. The highest BCUT2D eigenvalue weighted by atomic mass is 16.6. The molecule has 7 heteroatoms. The molecule has 0 radical (unpaired) electrons. The summed E-state index contributed by atoms with van der Waals surface area (Å²) >= 11 is 0. The first kappa shape index (κ1) is 30.9. The Morgan fingerprint density at radius 3 is 1.33 bits per heavy atom. The van der Waals surface area contributed by atoms with Crippen molar-refractivity contribution in [3.05, 3.63) is 46.6 Å². The number of hydrogen-bond donors (Lipinski definition) is 4. The van der Waals surface area contributed by atoms with E-state index in [2.05, 4.69) is 13.8 Å². The number of allylic oxidation sites excluding steroid dienone is 6. The van der Waals surface area contributed by atoms with Gasteiger partial charge in [-0.25, -0.2) is 9.59 Å². The molecule has 0 saturated heterocycles. The van der Waals surface area contributed by atoms with Crippen LogP contribution in [0.4, 0.5) is 0 Å². The topological polar surface area (TPSA) is 124 Å². The first-order chi connectivity index (χ1) is 15.5. The van der Waals surface area contributed by atoms with Gasteiger partial charge in [0.25, 0.3) is 0 Å². The molecule has 4 N–H and O–H groups in total. The van der Waals surface area contributed by atoms with Crippen molar-refractivity contribution < 1.29 is 34.8 Å². The Morgan fingerprint density at radius 1 is 0.727 bits per heavy atom. The van der Waals surface area contributed by atoms with Gasteiger partial charge < -0.3 is 25.2 Å². The van der Waals surface area contributed by atoms with E-state index in [1.165, 1.54) is 13.8 Å². The quantitative estimate of drug-likeness (QED) is 0.133. The molecule has 0 aliphatic carbocycles. The lowest BCUT2D eigenvalue weighted by Gasteiger charge is -2.29. The molecule has 0 aromatic rings. The number of carbonyl (C=O) groups excluding carboxylic acids is 2. The fourth-order valence-corrected chi connectivity index (χ4v) is 2.99. The monoisotopic (exact) mass is 466 g/mol. The Kier molecular flexibility index (Phi) is 14.0. The maximum Gasteiger partial charge on any atom is 0.352 e. The van der Waals surface area contributed by atoms with Gasteiger partial charge in [0.1, 0.15) is 0 Å². The lowest BCUT2D eigenvalue weighted by Crippen LogP contribution is -2.51. The number of aliphatic hydroxyl groups is 4. The molecule has 0 rings (SSSR count). The minimum Gasteiger partial charge on any atom is -0.392 e. The summed E-state index contributed by atoms with van der Waals surface area (Å²) in [7, 11) is 0. The molecule has 2 atom stereocenters. The van der Waals surface area contributed by atoms with E-state index >= 15 is 0 Å². The Hall–Kier alpha value is -2.06. The van der Waals surface area contributed by atoms with Crippen molar-refractivity contribution in [1.82, 2.24) is 0 Å². The summed E-state index contributed by atoms with van der Waals surface area (Å²) in [4.78, 5) is 25.4. The van der Waals surface area contributed by atoms with Crippen molar-refractivity contribution in [2.45, 2.75) is 91.3 Å². The molecule has 188 valence electrons. The zero-order chi connectivity index (χ0) is 25.7. The Labute approximate surface area is 198 Å². The fourth-order valence-electron chi connectivity index (χ4n) is 2.99. The molecule has 33 heavy (non-hydrogen) atoms. The SMILES string of the molecule is CCCC/C=C/C(C)=C(\C)C(O)(CO)C(=O)OC(=O)C(O)(CO)/C(C)=C(C)/C=C/CCCC. The van der Waals surface area contributed by atoms with E-state index in [4.69, 9.17) is 4.74 Å². The minimum absolute atomic E-state index is 0.116. The smallest absolute Gasteiger partial charge is 0.352 e. The molecule has 2 unspecified atom stereocenters. The molecule has 0 fully saturated rings. The van der Waals surface area contributed by atoms with Crippen LogP contribution in [0.3, 0.4) is 0 Å². The molecule has 0 aliphatic heterocycles. The van der Waals surface area contributed by atoms with Gasteiger partial charge in [0.05, 0.1) is 13.2 Å². The van der Waals surface area contributed by atoms with E-state index in [0.717, 1.165) is 38.5 Å². The van der Waals surface area contributed by atoms with Gasteiger partial charge >= 0.3 is 11.9 Å². The molecule has 0 amide bonds.